The van der Waals surface area contributed by atoms with Gasteiger partial charge in [-0.25, -0.2) is 4.79 Å². The fourth-order valence-electron chi connectivity index (χ4n) is 4.54. The van der Waals surface area contributed by atoms with Crippen LogP contribution < -0.4 is 5.30 Å². The second-order valence-corrected chi connectivity index (χ2v) is 11.8. The lowest BCUT2D eigenvalue weighted by Gasteiger charge is -2.21. The van der Waals surface area contributed by atoms with Crippen LogP contribution in [0.15, 0.2) is 66.7 Å². The van der Waals surface area contributed by atoms with E-state index in [1.165, 1.54) is 0 Å². The number of hydrogen-bond donors (Lipinski definition) is 0. The maximum absolute atomic E-state index is 14.7. The van der Waals surface area contributed by atoms with E-state index in [-0.39, 0.29) is 17.5 Å². The van der Waals surface area contributed by atoms with Gasteiger partial charge in [0.05, 0.1) is 0 Å². The zero-order valence-corrected chi connectivity index (χ0v) is 22.5. The van der Waals surface area contributed by atoms with Gasteiger partial charge < -0.3 is 9.30 Å². The molecule has 5 nitrogen and oxygen atoms in total. The van der Waals surface area contributed by atoms with Crippen LogP contribution in [0.5, 0.6) is 0 Å². The topological polar surface area (TPSA) is 77.5 Å². The Balaban J connectivity index is 2.15. The van der Waals surface area contributed by atoms with E-state index in [2.05, 4.69) is 6.58 Å². The maximum Gasteiger partial charge on any atom is 0.333 e. The summed E-state index contributed by atoms with van der Waals surface area (Å²) in [5, 5.41) is 0.206. The highest BCUT2D eigenvalue weighted by atomic mass is 31.2. The molecule has 0 fully saturated rings. The van der Waals surface area contributed by atoms with Crippen LogP contribution in [-0.2, 0) is 20.7 Å². The Morgan fingerprint density at radius 2 is 1.22 bits per heavy atom. The summed E-state index contributed by atoms with van der Waals surface area (Å²) in [4.78, 5) is 39.9. The molecule has 1 atom stereocenters. The second kappa shape index (κ2) is 10.6. The third-order valence-electron chi connectivity index (χ3n) is 6.11. The molecule has 3 rings (SSSR count). The summed E-state index contributed by atoms with van der Waals surface area (Å²) in [6.45, 7) is 14.1. The molecule has 1 unspecified atom stereocenters. The van der Waals surface area contributed by atoms with Gasteiger partial charge in [0.1, 0.15) is 6.61 Å². The summed E-state index contributed by atoms with van der Waals surface area (Å²) in [6.07, 6.45) is 0. The Bertz CT molecular complexity index is 1390. The standard InChI is InChI=1S/C30H31O5P/c1-18(2)28(31)35-17-24-15-22(6)27(23(7)16-24)30(33)36(34,25-11-9-8-10-12-25)29(32)26-20(4)13-19(3)14-21(26)5/h8-16H,1,17H2,2-7H3. The SMILES string of the molecule is C=C(C)C(=O)OCc1cc(C)c(C(=O)P(=O)(C(=O)c2c(C)cc(C)cc2C)c2ccccc2)c(C)c1. The monoisotopic (exact) mass is 502 g/mol. The van der Waals surface area contributed by atoms with E-state index in [1.807, 2.05) is 19.1 Å². The molecular formula is C30H31O5P. The minimum atomic E-state index is -4.25. The van der Waals surface area contributed by atoms with Crippen molar-refractivity contribution >= 4 is 29.5 Å². The number of rotatable bonds is 8. The quantitative estimate of drug-likeness (QED) is 0.199. The van der Waals surface area contributed by atoms with E-state index in [1.54, 1.807) is 77.1 Å². The number of aryl methyl sites for hydroxylation is 5. The molecule has 0 aliphatic heterocycles. The molecular weight excluding hydrogens is 471 g/mol. The summed E-state index contributed by atoms with van der Waals surface area (Å²) in [5.41, 5.74) is 3.65. The molecule has 0 radical (unpaired) electrons. The lowest BCUT2D eigenvalue weighted by atomic mass is 10.0. The normalized spacial score (nSPS) is 12.5. The first-order valence-electron chi connectivity index (χ1n) is 11.6. The van der Waals surface area contributed by atoms with Crippen molar-refractivity contribution < 1.29 is 23.7 Å². The van der Waals surface area contributed by atoms with E-state index in [0.717, 1.165) is 5.56 Å². The van der Waals surface area contributed by atoms with Crippen molar-refractivity contribution in [3.8, 4) is 0 Å². The Morgan fingerprint density at radius 3 is 1.67 bits per heavy atom. The smallest absolute Gasteiger partial charge is 0.333 e. The van der Waals surface area contributed by atoms with Crippen LogP contribution in [0.4, 0.5) is 0 Å². The van der Waals surface area contributed by atoms with Crippen molar-refractivity contribution in [1.82, 2.24) is 0 Å². The van der Waals surface area contributed by atoms with Crippen LogP contribution in [0.2, 0.25) is 0 Å². The Hall–Kier alpha value is -3.56. The first-order chi connectivity index (χ1) is 16.9. The van der Waals surface area contributed by atoms with Gasteiger partial charge in [-0.1, -0.05) is 66.7 Å². The van der Waals surface area contributed by atoms with Crippen LogP contribution in [0.25, 0.3) is 0 Å². The summed E-state index contributed by atoms with van der Waals surface area (Å²) < 4.78 is 19.9. The third-order valence-corrected chi connectivity index (χ3v) is 8.72. The molecule has 0 amide bonds. The van der Waals surface area contributed by atoms with Gasteiger partial charge in [-0.05, 0) is 69.4 Å². The van der Waals surface area contributed by atoms with E-state index in [9.17, 15) is 18.9 Å². The van der Waals surface area contributed by atoms with Crippen molar-refractivity contribution in [1.29, 1.82) is 0 Å². The Labute approximate surface area is 212 Å². The minimum Gasteiger partial charge on any atom is -0.457 e. The van der Waals surface area contributed by atoms with E-state index >= 15 is 0 Å². The molecule has 6 heteroatoms. The number of carbonyl (C=O) groups is 3. The summed E-state index contributed by atoms with van der Waals surface area (Å²) >= 11 is 0. The second-order valence-electron chi connectivity index (χ2n) is 9.29. The van der Waals surface area contributed by atoms with Crippen molar-refractivity contribution in [3.05, 3.63) is 111 Å². The van der Waals surface area contributed by atoms with Crippen molar-refractivity contribution in [2.24, 2.45) is 0 Å². The number of esters is 1. The highest BCUT2D eigenvalue weighted by molar-refractivity contribution is 8.01. The molecule has 0 aromatic heterocycles. The van der Waals surface area contributed by atoms with E-state index in [0.29, 0.717) is 39.0 Å². The van der Waals surface area contributed by atoms with Crippen LogP contribution in [0.1, 0.15) is 61.0 Å². The van der Waals surface area contributed by atoms with Gasteiger partial charge in [0.2, 0.25) is 18.2 Å². The molecule has 0 spiro atoms. The van der Waals surface area contributed by atoms with Gasteiger partial charge in [-0.15, -0.1) is 0 Å². The number of ether oxygens (including phenoxy) is 1. The summed E-state index contributed by atoms with van der Waals surface area (Å²) in [5.74, 6) is -0.506. The summed E-state index contributed by atoms with van der Waals surface area (Å²) in [6, 6.07) is 15.4. The van der Waals surface area contributed by atoms with Crippen LogP contribution in [0, 0.1) is 34.6 Å². The van der Waals surface area contributed by atoms with Crippen LogP contribution >= 0.6 is 7.14 Å². The maximum atomic E-state index is 14.7. The van der Waals surface area contributed by atoms with Gasteiger partial charge in [0.15, 0.2) is 0 Å². The van der Waals surface area contributed by atoms with Crippen LogP contribution in [0.3, 0.4) is 0 Å². The molecule has 0 saturated carbocycles. The predicted molar refractivity (Wildman–Crippen MR) is 144 cm³/mol. The Kier molecular flexibility index (Phi) is 7.96. The Morgan fingerprint density at radius 1 is 0.778 bits per heavy atom. The van der Waals surface area contributed by atoms with Gasteiger partial charge in [0, 0.05) is 22.0 Å². The van der Waals surface area contributed by atoms with Crippen molar-refractivity contribution in [3.63, 3.8) is 0 Å². The third kappa shape index (κ3) is 5.17. The molecule has 36 heavy (non-hydrogen) atoms. The molecule has 0 N–H and O–H groups in total. The highest BCUT2D eigenvalue weighted by Gasteiger charge is 2.44. The molecule has 0 heterocycles. The van der Waals surface area contributed by atoms with Gasteiger partial charge in [0.25, 0.3) is 0 Å². The number of hydrogen-bond acceptors (Lipinski definition) is 5. The lowest BCUT2D eigenvalue weighted by molar-refractivity contribution is -0.140. The molecule has 0 bridgehead atoms. The largest absolute Gasteiger partial charge is 0.457 e. The molecule has 186 valence electrons. The predicted octanol–water partition coefficient (Wildman–Crippen LogP) is 6.52. The first-order valence-corrected chi connectivity index (χ1v) is 13.3. The van der Waals surface area contributed by atoms with Gasteiger partial charge in [-0.2, -0.15) is 0 Å². The lowest BCUT2D eigenvalue weighted by Crippen LogP contribution is -2.23. The first kappa shape index (κ1) is 27.0. The van der Waals surface area contributed by atoms with Crippen molar-refractivity contribution in [2.75, 3.05) is 0 Å². The fourth-order valence-corrected chi connectivity index (χ4v) is 7.12. The average molecular weight is 503 g/mol. The van der Waals surface area contributed by atoms with Gasteiger partial charge in [-0.3, -0.25) is 9.59 Å². The highest BCUT2D eigenvalue weighted by Crippen LogP contribution is 2.52. The number of carbonyl (C=O) groups excluding carboxylic acids is 3. The minimum absolute atomic E-state index is 0.0128. The van der Waals surface area contributed by atoms with Crippen LogP contribution in [-0.4, -0.2) is 17.0 Å². The summed E-state index contributed by atoms with van der Waals surface area (Å²) in [7, 11) is -4.25. The zero-order chi connectivity index (χ0) is 26.8. The molecule has 0 aliphatic carbocycles. The molecule has 3 aromatic carbocycles. The molecule has 3 aromatic rings. The molecule has 0 saturated heterocycles. The van der Waals surface area contributed by atoms with E-state index < -0.39 is 24.2 Å². The van der Waals surface area contributed by atoms with Gasteiger partial charge >= 0.3 is 5.97 Å². The molecule has 0 aliphatic rings. The zero-order valence-electron chi connectivity index (χ0n) is 21.6. The van der Waals surface area contributed by atoms with E-state index in [4.69, 9.17) is 4.74 Å². The number of benzene rings is 3. The average Bonchev–Trinajstić information content (AvgIpc) is 2.81. The fraction of sp³-hybridized carbons (Fsp3) is 0.233. The van der Waals surface area contributed by atoms with Crippen molar-refractivity contribution in [2.45, 2.75) is 48.1 Å².